The minimum Gasteiger partial charge on any atom is -0.404 e. The van der Waals surface area contributed by atoms with Crippen LogP contribution in [0.2, 0.25) is 0 Å². The molecule has 8 heteroatoms. The zero-order valence-corrected chi connectivity index (χ0v) is 13.5. The smallest absolute Gasteiger partial charge is 0.404 e. The van der Waals surface area contributed by atoms with Gasteiger partial charge >= 0.3 is 6.36 Å². The molecule has 0 unspecified atom stereocenters. The van der Waals surface area contributed by atoms with Gasteiger partial charge in [-0.25, -0.2) is 0 Å². The Balaban J connectivity index is 1.88. The summed E-state index contributed by atoms with van der Waals surface area (Å²) in [6.45, 7) is 3.42. The molecule has 0 bridgehead atoms. The maximum absolute atomic E-state index is 12.4. The van der Waals surface area contributed by atoms with Crippen molar-refractivity contribution in [3.05, 3.63) is 24.3 Å². The molecule has 0 aromatic heterocycles. The summed E-state index contributed by atoms with van der Waals surface area (Å²) in [6.07, 6.45) is 0.161. The zero-order chi connectivity index (χ0) is 17.4. The molecule has 1 aromatic carbocycles. The molecule has 24 heavy (non-hydrogen) atoms. The SMILES string of the molecule is NC(=NCCN1CCCCCC1)Nc1ccccc1OC(F)(F)F. The number of para-hydroxylation sites is 2. The first kappa shape index (κ1) is 18.4. The number of likely N-dealkylation sites (tertiary alicyclic amines) is 1. The van der Waals surface area contributed by atoms with Gasteiger partial charge in [0.25, 0.3) is 0 Å². The number of halogens is 3. The standard InChI is InChI=1S/C16H23F3N4O/c17-16(18,19)24-14-8-4-3-7-13(14)22-15(20)21-9-12-23-10-5-1-2-6-11-23/h3-4,7-8H,1-2,5-6,9-12H2,(H3,20,21,22). The molecule has 0 amide bonds. The van der Waals surface area contributed by atoms with E-state index in [4.69, 9.17) is 5.73 Å². The lowest BCUT2D eigenvalue weighted by atomic mass is 10.2. The number of aliphatic imine (C=N–C) groups is 1. The van der Waals surface area contributed by atoms with E-state index in [1.807, 2.05) is 0 Å². The predicted molar refractivity (Wildman–Crippen MR) is 88.1 cm³/mol. The molecule has 1 aliphatic heterocycles. The third kappa shape index (κ3) is 6.66. The van der Waals surface area contributed by atoms with Gasteiger partial charge in [-0.1, -0.05) is 25.0 Å². The van der Waals surface area contributed by atoms with Crippen LogP contribution >= 0.6 is 0 Å². The van der Waals surface area contributed by atoms with Gasteiger partial charge in [-0.15, -0.1) is 13.2 Å². The topological polar surface area (TPSA) is 62.9 Å². The Labute approximate surface area is 139 Å². The van der Waals surface area contributed by atoms with E-state index in [1.54, 1.807) is 6.07 Å². The van der Waals surface area contributed by atoms with Crippen molar-refractivity contribution in [2.45, 2.75) is 32.0 Å². The van der Waals surface area contributed by atoms with Crippen LogP contribution in [0.25, 0.3) is 0 Å². The van der Waals surface area contributed by atoms with Crippen molar-refractivity contribution >= 4 is 11.6 Å². The monoisotopic (exact) mass is 344 g/mol. The molecule has 1 saturated heterocycles. The Kier molecular flexibility index (Phi) is 6.72. The number of hydrogen-bond donors (Lipinski definition) is 2. The maximum atomic E-state index is 12.4. The van der Waals surface area contributed by atoms with E-state index in [-0.39, 0.29) is 17.4 Å². The van der Waals surface area contributed by atoms with E-state index in [0.29, 0.717) is 6.54 Å². The molecular formula is C16H23F3N4O. The predicted octanol–water partition coefficient (Wildman–Crippen LogP) is 3.19. The van der Waals surface area contributed by atoms with E-state index in [2.05, 4.69) is 19.9 Å². The van der Waals surface area contributed by atoms with Crippen molar-refractivity contribution < 1.29 is 17.9 Å². The van der Waals surface area contributed by atoms with Gasteiger partial charge in [0.15, 0.2) is 11.7 Å². The molecule has 2 rings (SSSR count). The minimum atomic E-state index is -4.75. The number of guanidine groups is 1. The summed E-state index contributed by atoms with van der Waals surface area (Å²) >= 11 is 0. The van der Waals surface area contributed by atoms with Crippen molar-refractivity contribution in [3.8, 4) is 5.75 Å². The number of anilines is 1. The Morgan fingerprint density at radius 2 is 1.83 bits per heavy atom. The summed E-state index contributed by atoms with van der Waals surface area (Å²) in [6, 6.07) is 5.73. The first-order valence-corrected chi connectivity index (χ1v) is 8.08. The van der Waals surface area contributed by atoms with Crippen LogP contribution in [0.3, 0.4) is 0 Å². The number of ether oxygens (including phenoxy) is 1. The minimum absolute atomic E-state index is 0.0723. The lowest BCUT2D eigenvalue weighted by molar-refractivity contribution is -0.274. The molecule has 1 aromatic rings. The molecule has 1 aliphatic rings. The zero-order valence-electron chi connectivity index (χ0n) is 13.5. The molecule has 0 atom stereocenters. The van der Waals surface area contributed by atoms with E-state index in [9.17, 15) is 13.2 Å². The Morgan fingerprint density at radius 1 is 1.17 bits per heavy atom. The van der Waals surface area contributed by atoms with E-state index in [0.717, 1.165) is 19.6 Å². The average Bonchev–Trinajstić information content (AvgIpc) is 2.77. The fraction of sp³-hybridized carbons (Fsp3) is 0.562. The van der Waals surface area contributed by atoms with Gasteiger partial charge in [-0.2, -0.15) is 0 Å². The highest BCUT2D eigenvalue weighted by molar-refractivity contribution is 5.93. The van der Waals surface area contributed by atoms with Crippen LogP contribution in [-0.4, -0.2) is 43.4 Å². The van der Waals surface area contributed by atoms with Gasteiger partial charge in [-0.3, -0.25) is 4.99 Å². The summed E-state index contributed by atoms with van der Waals surface area (Å²) in [5.41, 5.74) is 5.90. The molecule has 5 nitrogen and oxygen atoms in total. The molecule has 0 saturated carbocycles. The van der Waals surface area contributed by atoms with Crippen LogP contribution in [0.4, 0.5) is 18.9 Å². The number of nitrogens with one attached hydrogen (secondary N) is 1. The molecule has 1 heterocycles. The highest BCUT2D eigenvalue weighted by atomic mass is 19.4. The molecule has 0 spiro atoms. The molecule has 1 fully saturated rings. The summed E-state index contributed by atoms with van der Waals surface area (Å²) in [5, 5.41) is 2.67. The van der Waals surface area contributed by atoms with Crippen molar-refractivity contribution in [3.63, 3.8) is 0 Å². The first-order chi connectivity index (χ1) is 11.4. The number of rotatable bonds is 5. The average molecular weight is 344 g/mol. The van der Waals surface area contributed by atoms with Gasteiger partial charge in [0.2, 0.25) is 0 Å². The van der Waals surface area contributed by atoms with Crippen molar-refractivity contribution in [1.29, 1.82) is 0 Å². The largest absolute Gasteiger partial charge is 0.573 e. The molecule has 0 aliphatic carbocycles. The second kappa shape index (κ2) is 8.77. The Morgan fingerprint density at radius 3 is 2.50 bits per heavy atom. The summed E-state index contributed by atoms with van der Waals surface area (Å²) in [7, 11) is 0. The second-order valence-electron chi connectivity index (χ2n) is 5.69. The van der Waals surface area contributed by atoms with Crippen molar-refractivity contribution in [2.75, 3.05) is 31.5 Å². The summed E-state index contributed by atoms with van der Waals surface area (Å²) in [5.74, 6) is -0.265. The quantitative estimate of drug-likeness (QED) is 0.636. The Hall–Kier alpha value is -1.96. The Bertz CT molecular complexity index is 540. The van der Waals surface area contributed by atoms with Gasteiger partial charge in [-0.05, 0) is 38.1 Å². The fourth-order valence-electron chi connectivity index (χ4n) is 2.63. The number of alkyl halides is 3. The third-order valence-corrected chi connectivity index (χ3v) is 3.77. The lowest BCUT2D eigenvalue weighted by Crippen LogP contribution is -2.29. The highest BCUT2D eigenvalue weighted by Gasteiger charge is 2.32. The van der Waals surface area contributed by atoms with Crippen LogP contribution in [0, 0.1) is 0 Å². The van der Waals surface area contributed by atoms with Gasteiger partial charge in [0.1, 0.15) is 0 Å². The fourth-order valence-corrected chi connectivity index (χ4v) is 2.63. The van der Waals surface area contributed by atoms with Crippen LogP contribution in [0.5, 0.6) is 5.75 Å². The van der Waals surface area contributed by atoms with Gasteiger partial charge in [0, 0.05) is 6.54 Å². The highest BCUT2D eigenvalue weighted by Crippen LogP contribution is 2.29. The summed E-state index contributed by atoms with van der Waals surface area (Å²) in [4.78, 5) is 6.52. The number of nitrogens with two attached hydrogens (primary N) is 1. The number of hydrogen-bond acceptors (Lipinski definition) is 3. The number of benzene rings is 1. The maximum Gasteiger partial charge on any atom is 0.573 e. The number of nitrogens with zero attached hydrogens (tertiary/aromatic N) is 2. The molecule has 0 radical (unpaired) electrons. The summed E-state index contributed by atoms with van der Waals surface area (Å²) < 4.78 is 41.1. The van der Waals surface area contributed by atoms with Gasteiger partial charge in [0.05, 0.1) is 12.2 Å². The van der Waals surface area contributed by atoms with E-state index >= 15 is 0 Å². The van der Waals surface area contributed by atoms with Crippen LogP contribution in [0.15, 0.2) is 29.3 Å². The van der Waals surface area contributed by atoms with Crippen molar-refractivity contribution in [1.82, 2.24) is 4.90 Å². The lowest BCUT2D eigenvalue weighted by Gasteiger charge is -2.18. The van der Waals surface area contributed by atoms with Crippen LogP contribution < -0.4 is 15.8 Å². The van der Waals surface area contributed by atoms with Crippen LogP contribution in [-0.2, 0) is 0 Å². The van der Waals surface area contributed by atoms with Crippen LogP contribution in [0.1, 0.15) is 25.7 Å². The second-order valence-corrected chi connectivity index (χ2v) is 5.69. The van der Waals surface area contributed by atoms with E-state index < -0.39 is 6.36 Å². The van der Waals surface area contributed by atoms with Gasteiger partial charge < -0.3 is 20.7 Å². The van der Waals surface area contributed by atoms with Crippen molar-refractivity contribution in [2.24, 2.45) is 10.7 Å². The third-order valence-electron chi connectivity index (χ3n) is 3.77. The molecular weight excluding hydrogens is 321 g/mol. The molecule has 3 N–H and O–H groups in total. The normalized spacial score (nSPS) is 17.4. The van der Waals surface area contributed by atoms with E-state index in [1.165, 1.54) is 43.9 Å². The first-order valence-electron chi connectivity index (χ1n) is 8.08. The molecule has 134 valence electrons.